The molecule has 1 heterocycles. The number of nitrogens with one attached hydrogen (secondary N) is 1. The van der Waals surface area contributed by atoms with E-state index < -0.39 is 0 Å². The molecule has 0 bridgehead atoms. The number of nitrogens with zero attached hydrogens (tertiary/aromatic N) is 3. The number of hydrogen-bond acceptors (Lipinski definition) is 7. The number of amides is 1. The van der Waals surface area contributed by atoms with Gasteiger partial charge in [0.05, 0.1) is 25.7 Å². The zero-order chi connectivity index (χ0) is 22.9. The largest absolute Gasteiger partial charge is 0.497 e. The van der Waals surface area contributed by atoms with Gasteiger partial charge in [-0.2, -0.15) is 0 Å². The molecule has 8 nitrogen and oxygen atoms in total. The Labute approximate surface area is 191 Å². The van der Waals surface area contributed by atoms with Crippen LogP contribution in [0.25, 0.3) is 0 Å². The third kappa shape index (κ3) is 5.82. The van der Waals surface area contributed by atoms with Crippen molar-refractivity contribution < 1.29 is 19.0 Å². The highest BCUT2D eigenvalue weighted by Gasteiger charge is 2.20. The molecule has 0 fully saturated rings. The minimum absolute atomic E-state index is 0.165. The highest BCUT2D eigenvalue weighted by atomic mass is 32.2. The normalized spacial score (nSPS) is 11.5. The maximum absolute atomic E-state index is 12.5. The number of methoxy groups -OCH3 is 2. The molecule has 1 atom stereocenters. The number of allylic oxidation sites excluding steroid dienone is 1. The molecule has 168 valence electrons. The summed E-state index contributed by atoms with van der Waals surface area (Å²) < 4.78 is 18.4. The van der Waals surface area contributed by atoms with Crippen LogP contribution in [0.1, 0.15) is 18.9 Å². The van der Waals surface area contributed by atoms with Crippen molar-refractivity contribution in [3.63, 3.8) is 0 Å². The fourth-order valence-corrected chi connectivity index (χ4v) is 3.76. The molecule has 1 amide bonds. The van der Waals surface area contributed by atoms with Gasteiger partial charge in [0.15, 0.2) is 17.1 Å². The minimum Gasteiger partial charge on any atom is -0.497 e. The molecule has 9 heteroatoms. The molecule has 0 aliphatic rings. The summed E-state index contributed by atoms with van der Waals surface area (Å²) in [6.07, 6.45) is 1.38. The lowest BCUT2D eigenvalue weighted by Crippen LogP contribution is -2.16. The summed E-state index contributed by atoms with van der Waals surface area (Å²) in [7, 11) is 3.17. The van der Waals surface area contributed by atoms with Crippen molar-refractivity contribution in [2.45, 2.75) is 24.7 Å². The first-order chi connectivity index (χ1) is 15.5. The SMILES string of the molecule is C=CCn1c(SCC(=O)Nc2ccccc2OC)nnc1C(C)Oc1cccc(OC)c1. The Hall–Kier alpha value is -3.46. The third-order valence-corrected chi connectivity index (χ3v) is 5.45. The van der Waals surface area contributed by atoms with Crippen LogP contribution in [-0.2, 0) is 11.3 Å². The molecule has 1 unspecified atom stereocenters. The van der Waals surface area contributed by atoms with Gasteiger partial charge < -0.3 is 19.5 Å². The molecule has 0 aliphatic heterocycles. The quantitative estimate of drug-likeness (QED) is 0.340. The fraction of sp³-hybridized carbons (Fsp3) is 0.261. The number of para-hydroxylation sites is 2. The van der Waals surface area contributed by atoms with Gasteiger partial charge in [-0.25, -0.2) is 0 Å². The third-order valence-electron chi connectivity index (χ3n) is 4.49. The first-order valence-corrected chi connectivity index (χ1v) is 10.9. The number of anilines is 1. The molecule has 3 aromatic rings. The van der Waals surface area contributed by atoms with Crippen molar-refractivity contribution in [3.05, 3.63) is 67.0 Å². The van der Waals surface area contributed by atoms with Crippen LogP contribution in [0.3, 0.4) is 0 Å². The summed E-state index contributed by atoms with van der Waals surface area (Å²) in [5.74, 6) is 2.61. The van der Waals surface area contributed by atoms with Crippen molar-refractivity contribution in [2.24, 2.45) is 0 Å². The number of benzene rings is 2. The maximum Gasteiger partial charge on any atom is 0.234 e. The second-order valence-corrected chi connectivity index (χ2v) is 7.66. The van der Waals surface area contributed by atoms with Gasteiger partial charge in [0, 0.05) is 12.6 Å². The molecular weight excluding hydrogens is 428 g/mol. The number of thioether (sulfide) groups is 1. The zero-order valence-electron chi connectivity index (χ0n) is 18.3. The summed E-state index contributed by atoms with van der Waals surface area (Å²) in [6.45, 7) is 6.20. The summed E-state index contributed by atoms with van der Waals surface area (Å²) >= 11 is 1.29. The highest BCUT2D eigenvalue weighted by molar-refractivity contribution is 7.99. The van der Waals surface area contributed by atoms with Gasteiger partial charge in [0.25, 0.3) is 0 Å². The smallest absolute Gasteiger partial charge is 0.234 e. The summed E-state index contributed by atoms with van der Waals surface area (Å²) in [6, 6.07) is 14.6. The summed E-state index contributed by atoms with van der Waals surface area (Å²) in [4.78, 5) is 12.5. The molecule has 0 saturated heterocycles. The molecule has 0 saturated carbocycles. The zero-order valence-corrected chi connectivity index (χ0v) is 19.1. The fourth-order valence-electron chi connectivity index (χ4n) is 3.00. The highest BCUT2D eigenvalue weighted by Crippen LogP contribution is 2.27. The van der Waals surface area contributed by atoms with E-state index in [1.165, 1.54) is 11.8 Å². The lowest BCUT2D eigenvalue weighted by molar-refractivity contribution is -0.113. The molecular formula is C23H26N4O4S. The van der Waals surface area contributed by atoms with E-state index in [4.69, 9.17) is 14.2 Å². The number of carbonyl (C=O) groups is 1. The van der Waals surface area contributed by atoms with Crippen LogP contribution >= 0.6 is 11.8 Å². The van der Waals surface area contributed by atoms with Gasteiger partial charge >= 0.3 is 0 Å². The number of carbonyl (C=O) groups excluding carboxylic acids is 1. The Kier molecular flexibility index (Phi) is 8.15. The summed E-state index contributed by atoms with van der Waals surface area (Å²) in [5, 5.41) is 12.0. The second kappa shape index (κ2) is 11.2. The van der Waals surface area contributed by atoms with Crippen LogP contribution in [0.5, 0.6) is 17.2 Å². The lowest BCUT2D eigenvalue weighted by atomic mass is 10.3. The second-order valence-electron chi connectivity index (χ2n) is 6.72. The Balaban J connectivity index is 1.68. The average molecular weight is 455 g/mol. The number of hydrogen-bond donors (Lipinski definition) is 1. The number of rotatable bonds is 11. The van der Waals surface area contributed by atoms with Crippen molar-refractivity contribution in [1.82, 2.24) is 14.8 Å². The van der Waals surface area contributed by atoms with E-state index >= 15 is 0 Å². The minimum atomic E-state index is -0.369. The van der Waals surface area contributed by atoms with Crippen molar-refractivity contribution in [1.29, 1.82) is 0 Å². The van der Waals surface area contributed by atoms with Crippen molar-refractivity contribution >= 4 is 23.4 Å². The van der Waals surface area contributed by atoms with Gasteiger partial charge in [-0.3, -0.25) is 9.36 Å². The molecule has 0 spiro atoms. The van der Waals surface area contributed by atoms with Crippen LogP contribution in [0, 0.1) is 0 Å². The molecule has 32 heavy (non-hydrogen) atoms. The van der Waals surface area contributed by atoms with Crippen LogP contribution in [0.4, 0.5) is 5.69 Å². The van der Waals surface area contributed by atoms with E-state index in [9.17, 15) is 4.79 Å². The predicted octanol–water partition coefficient (Wildman–Crippen LogP) is 4.35. The predicted molar refractivity (Wildman–Crippen MR) is 125 cm³/mol. The van der Waals surface area contributed by atoms with E-state index in [2.05, 4.69) is 22.1 Å². The van der Waals surface area contributed by atoms with Gasteiger partial charge in [-0.15, -0.1) is 16.8 Å². The first kappa shape index (κ1) is 23.2. The standard InChI is InChI=1S/C23H26N4O4S/c1-5-13-27-22(16(2)31-18-10-8-9-17(14-18)29-3)25-26-23(27)32-15-21(28)24-19-11-6-7-12-20(19)30-4/h5-12,14,16H,1,13,15H2,2-4H3,(H,24,28). The van der Waals surface area contributed by atoms with Gasteiger partial charge in [0.2, 0.25) is 5.91 Å². The Bertz CT molecular complexity index is 1070. The molecule has 1 aromatic heterocycles. The van der Waals surface area contributed by atoms with Crippen molar-refractivity contribution in [3.8, 4) is 17.2 Å². The Morgan fingerprint density at radius 2 is 1.94 bits per heavy atom. The number of aromatic nitrogens is 3. The maximum atomic E-state index is 12.5. The van der Waals surface area contributed by atoms with Gasteiger partial charge in [-0.1, -0.05) is 36.0 Å². The number of ether oxygens (including phenoxy) is 3. The first-order valence-electron chi connectivity index (χ1n) is 9.96. The summed E-state index contributed by atoms with van der Waals surface area (Å²) in [5.41, 5.74) is 0.620. The molecule has 2 aromatic carbocycles. The van der Waals surface area contributed by atoms with Gasteiger partial charge in [-0.05, 0) is 31.2 Å². The van der Waals surface area contributed by atoms with E-state index in [-0.39, 0.29) is 17.8 Å². The monoisotopic (exact) mass is 454 g/mol. The van der Waals surface area contributed by atoms with E-state index in [0.29, 0.717) is 40.5 Å². The molecule has 0 radical (unpaired) electrons. The Morgan fingerprint density at radius 3 is 2.69 bits per heavy atom. The molecule has 3 rings (SSSR count). The molecule has 1 N–H and O–H groups in total. The topological polar surface area (TPSA) is 87.5 Å². The van der Waals surface area contributed by atoms with Crippen LogP contribution in [0.2, 0.25) is 0 Å². The lowest BCUT2D eigenvalue weighted by Gasteiger charge is -2.16. The van der Waals surface area contributed by atoms with E-state index in [1.807, 2.05) is 47.9 Å². The molecule has 0 aliphatic carbocycles. The van der Waals surface area contributed by atoms with E-state index in [1.54, 1.807) is 32.4 Å². The van der Waals surface area contributed by atoms with Crippen molar-refractivity contribution in [2.75, 3.05) is 25.3 Å². The Morgan fingerprint density at radius 1 is 1.16 bits per heavy atom. The van der Waals surface area contributed by atoms with Crippen LogP contribution in [0.15, 0.2) is 66.3 Å². The van der Waals surface area contributed by atoms with Gasteiger partial charge in [0.1, 0.15) is 17.2 Å². The average Bonchev–Trinajstić information content (AvgIpc) is 3.21. The van der Waals surface area contributed by atoms with Crippen LogP contribution in [-0.4, -0.2) is 40.6 Å². The van der Waals surface area contributed by atoms with E-state index in [0.717, 1.165) is 0 Å². The van der Waals surface area contributed by atoms with Crippen LogP contribution < -0.4 is 19.5 Å².